The van der Waals surface area contributed by atoms with Gasteiger partial charge in [-0.2, -0.15) is 0 Å². The van der Waals surface area contributed by atoms with Gasteiger partial charge in [-0.05, 0) is 51.0 Å². The molecule has 1 heterocycles. The Bertz CT molecular complexity index is 1020. The van der Waals surface area contributed by atoms with Crippen molar-refractivity contribution < 1.29 is 9.59 Å². The van der Waals surface area contributed by atoms with Crippen LogP contribution < -0.4 is 5.32 Å². The number of aromatic nitrogens is 2. The molecule has 0 radical (unpaired) electrons. The lowest BCUT2D eigenvalue weighted by atomic mass is 10.1. The Balaban J connectivity index is 1.52. The van der Waals surface area contributed by atoms with Crippen molar-refractivity contribution in [3.05, 3.63) is 58.9 Å². The first-order chi connectivity index (χ1) is 14.2. The zero-order chi connectivity index (χ0) is 21.8. The van der Waals surface area contributed by atoms with E-state index in [0.29, 0.717) is 0 Å². The van der Waals surface area contributed by atoms with Crippen molar-refractivity contribution >= 4 is 40.3 Å². The van der Waals surface area contributed by atoms with E-state index in [0.717, 1.165) is 39.2 Å². The fraction of sp³-hybridized carbons (Fsp3) is 0.348. The van der Waals surface area contributed by atoms with Crippen LogP contribution in [0.25, 0.3) is 11.0 Å². The van der Waals surface area contributed by atoms with Crippen LogP contribution in [-0.2, 0) is 9.59 Å². The van der Waals surface area contributed by atoms with Gasteiger partial charge in [0.15, 0.2) is 0 Å². The molecular formula is C23H28N4O2S. The van der Waals surface area contributed by atoms with E-state index in [4.69, 9.17) is 0 Å². The normalized spacial score (nSPS) is 12.0. The number of hydrogen-bond donors (Lipinski definition) is 2. The number of rotatable bonds is 7. The van der Waals surface area contributed by atoms with E-state index in [2.05, 4.69) is 15.3 Å². The molecule has 0 aliphatic heterocycles. The second-order valence-electron chi connectivity index (χ2n) is 7.66. The number of imidazole rings is 1. The van der Waals surface area contributed by atoms with Gasteiger partial charge >= 0.3 is 0 Å². The number of aryl methyl sites for hydroxylation is 3. The summed E-state index contributed by atoms with van der Waals surface area (Å²) >= 11 is 1.50. The summed E-state index contributed by atoms with van der Waals surface area (Å²) in [6.45, 7) is 8.01. The SMILES string of the molecule is Cc1cc(C)c(NC(=O)CN(C)C(=O)CSC(C)c2nc3ccccc3[nH]2)c(C)c1. The predicted molar refractivity (Wildman–Crippen MR) is 124 cm³/mol. The lowest BCUT2D eigenvalue weighted by Crippen LogP contribution is -2.36. The molecule has 158 valence electrons. The third-order valence-corrected chi connectivity index (χ3v) is 6.13. The summed E-state index contributed by atoms with van der Waals surface area (Å²) in [7, 11) is 1.66. The molecule has 1 unspecified atom stereocenters. The molecule has 0 saturated carbocycles. The molecule has 1 aromatic heterocycles. The van der Waals surface area contributed by atoms with Crippen LogP contribution in [0.3, 0.4) is 0 Å². The fourth-order valence-electron chi connectivity index (χ4n) is 3.41. The summed E-state index contributed by atoms with van der Waals surface area (Å²) in [5.41, 5.74) is 5.92. The number of carbonyl (C=O) groups excluding carboxylic acids is 2. The Morgan fingerprint density at radius 3 is 2.50 bits per heavy atom. The summed E-state index contributed by atoms with van der Waals surface area (Å²) < 4.78 is 0. The first-order valence-electron chi connectivity index (χ1n) is 9.92. The number of nitrogens with zero attached hydrogens (tertiary/aromatic N) is 2. The van der Waals surface area contributed by atoms with Crippen molar-refractivity contribution in [2.75, 3.05) is 24.7 Å². The zero-order valence-corrected chi connectivity index (χ0v) is 18.9. The standard InChI is InChI=1S/C23H28N4O2S/c1-14-10-15(2)22(16(3)11-14)26-20(28)12-27(5)21(29)13-30-17(4)23-24-18-8-6-7-9-19(18)25-23/h6-11,17H,12-13H2,1-5H3,(H,24,25)(H,26,28). The van der Waals surface area contributed by atoms with E-state index in [9.17, 15) is 9.59 Å². The summed E-state index contributed by atoms with van der Waals surface area (Å²) in [5, 5.41) is 2.99. The highest BCUT2D eigenvalue weighted by atomic mass is 32.2. The highest BCUT2D eigenvalue weighted by molar-refractivity contribution is 8.00. The van der Waals surface area contributed by atoms with Crippen LogP contribution in [0, 0.1) is 20.8 Å². The molecule has 3 rings (SSSR count). The molecule has 30 heavy (non-hydrogen) atoms. The largest absolute Gasteiger partial charge is 0.341 e. The van der Waals surface area contributed by atoms with Crippen molar-refractivity contribution in [3.63, 3.8) is 0 Å². The lowest BCUT2D eigenvalue weighted by molar-refractivity contribution is -0.131. The molecule has 0 aliphatic carbocycles. The van der Waals surface area contributed by atoms with Gasteiger partial charge in [0.2, 0.25) is 11.8 Å². The van der Waals surface area contributed by atoms with E-state index < -0.39 is 0 Å². The van der Waals surface area contributed by atoms with Crippen LogP contribution in [0.5, 0.6) is 0 Å². The Kier molecular flexibility index (Phi) is 6.82. The summed E-state index contributed by atoms with van der Waals surface area (Å²) in [5.74, 6) is 0.844. The Hall–Kier alpha value is -2.80. The number of carbonyl (C=O) groups is 2. The van der Waals surface area contributed by atoms with Crippen LogP contribution in [0.15, 0.2) is 36.4 Å². The van der Waals surface area contributed by atoms with Crippen LogP contribution in [0.1, 0.15) is 34.7 Å². The molecule has 2 amide bonds. The minimum Gasteiger partial charge on any atom is -0.341 e. The smallest absolute Gasteiger partial charge is 0.243 e. The first kappa shape index (κ1) is 21.9. The Labute approximate surface area is 181 Å². The van der Waals surface area contributed by atoms with Crippen molar-refractivity contribution in [2.45, 2.75) is 32.9 Å². The van der Waals surface area contributed by atoms with Gasteiger partial charge in [0.1, 0.15) is 5.82 Å². The number of fused-ring (bicyclic) bond motifs is 1. The molecule has 0 aliphatic rings. The van der Waals surface area contributed by atoms with E-state index in [1.165, 1.54) is 16.7 Å². The number of anilines is 1. The molecular weight excluding hydrogens is 396 g/mol. The molecule has 0 saturated heterocycles. The average Bonchev–Trinajstić information content (AvgIpc) is 3.13. The van der Waals surface area contributed by atoms with Crippen LogP contribution in [0.2, 0.25) is 0 Å². The van der Waals surface area contributed by atoms with Crippen LogP contribution >= 0.6 is 11.8 Å². The zero-order valence-electron chi connectivity index (χ0n) is 18.1. The molecule has 1 atom stereocenters. The fourth-order valence-corrected chi connectivity index (χ4v) is 4.29. The molecule has 0 fully saturated rings. The second kappa shape index (κ2) is 9.34. The molecule has 3 aromatic rings. The third kappa shape index (κ3) is 5.21. The third-order valence-electron chi connectivity index (χ3n) is 5.00. The molecule has 2 N–H and O–H groups in total. The maximum Gasteiger partial charge on any atom is 0.243 e. The molecule has 0 spiro atoms. The van der Waals surface area contributed by atoms with Gasteiger partial charge in [-0.15, -0.1) is 11.8 Å². The minimum atomic E-state index is -0.198. The van der Waals surface area contributed by atoms with Crippen LogP contribution in [-0.4, -0.2) is 46.0 Å². The lowest BCUT2D eigenvalue weighted by Gasteiger charge is -2.19. The van der Waals surface area contributed by atoms with Gasteiger partial charge in [-0.1, -0.05) is 29.8 Å². The van der Waals surface area contributed by atoms with E-state index in [1.807, 2.05) is 64.1 Å². The first-order valence-corrected chi connectivity index (χ1v) is 11.0. The maximum atomic E-state index is 12.5. The summed E-state index contributed by atoms with van der Waals surface area (Å²) in [6, 6.07) is 11.9. The summed E-state index contributed by atoms with van der Waals surface area (Å²) in [4.78, 5) is 34.3. The van der Waals surface area contributed by atoms with Gasteiger partial charge in [-0.25, -0.2) is 4.98 Å². The van der Waals surface area contributed by atoms with Gasteiger partial charge in [0, 0.05) is 12.7 Å². The van der Waals surface area contributed by atoms with Gasteiger partial charge in [0.05, 0.1) is 28.6 Å². The number of para-hydroxylation sites is 2. The Morgan fingerprint density at radius 2 is 1.83 bits per heavy atom. The van der Waals surface area contributed by atoms with E-state index in [-0.39, 0.29) is 29.4 Å². The van der Waals surface area contributed by atoms with Crippen molar-refractivity contribution in [1.29, 1.82) is 0 Å². The number of hydrogen-bond acceptors (Lipinski definition) is 4. The number of likely N-dealkylation sites (N-methyl/N-ethyl adjacent to an activating group) is 1. The number of H-pyrrole nitrogens is 1. The quantitative estimate of drug-likeness (QED) is 0.590. The van der Waals surface area contributed by atoms with Crippen LogP contribution in [0.4, 0.5) is 5.69 Å². The van der Waals surface area contributed by atoms with Crippen molar-refractivity contribution in [2.24, 2.45) is 0 Å². The highest BCUT2D eigenvalue weighted by Crippen LogP contribution is 2.28. The van der Waals surface area contributed by atoms with E-state index >= 15 is 0 Å². The Morgan fingerprint density at radius 1 is 1.17 bits per heavy atom. The maximum absolute atomic E-state index is 12.5. The van der Waals surface area contributed by atoms with Crippen molar-refractivity contribution in [3.8, 4) is 0 Å². The van der Waals surface area contributed by atoms with Gasteiger partial charge in [0.25, 0.3) is 0 Å². The molecule has 0 bridgehead atoms. The highest BCUT2D eigenvalue weighted by Gasteiger charge is 2.18. The topological polar surface area (TPSA) is 78.1 Å². The number of thioether (sulfide) groups is 1. The molecule has 7 heteroatoms. The number of nitrogens with one attached hydrogen (secondary N) is 2. The average molecular weight is 425 g/mol. The van der Waals surface area contributed by atoms with Gasteiger partial charge < -0.3 is 15.2 Å². The molecule has 6 nitrogen and oxygen atoms in total. The molecule has 2 aromatic carbocycles. The second-order valence-corrected chi connectivity index (χ2v) is 8.99. The summed E-state index contributed by atoms with van der Waals surface area (Å²) in [6.07, 6.45) is 0. The minimum absolute atomic E-state index is 0.0190. The monoisotopic (exact) mass is 424 g/mol. The number of aromatic amines is 1. The van der Waals surface area contributed by atoms with Crippen molar-refractivity contribution in [1.82, 2.24) is 14.9 Å². The predicted octanol–water partition coefficient (Wildman–Crippen LogP) is 4.38. The van der Waals surface area contributed by atoms with E-state index in [1.54, 1.807) is 7.05 Å². The van der Waals surface area contributed by atoms with Gasteiger partial charge in [-0.3, -0.25) is 9.59 Å². The number of amides is 2. The number of benzene rings is 2.